The molecule has 0 fully saturated rings. The molecule has 1 rings (SSSR count). The van der Waals surface area contributed by atoms with Crippen molar-refractivity contribution in [1.29, 1.82) is 0 Å². The van der Waals surface area contributed by atoms with Crippen LogP contribution in [-0.4, -0.2) is 25.0 Å². The molecule has 0 aliphatic rings. The Morgan fingerprint density at radius 2 is 1.80 bits per heavy atom. The van der Waals surface area contributed by atoms with Crippen LogP contribution in [0.2, 0.25) is 0 Å². The van der Waals surface area contributed by atoms with Crippen LogP contribution in [0.5, 0.6) is 5.75 Å². The number of ketones is 1. The summed E-state index contributed by atoms with van der Waals surface area (Å²) >= 11 is 0. The van der Waals surface area contributed by atoms with Crippen molar-refractivity contribution < 1.29 is 19.1 Å². The summed E-state index contributed by atoms with van der Waals surface area (Å²) in [5.41, 5.74) is 2.37. The molecule has 0 unspecified atom stereocenters. The molecule has 0 amide bonds. The van der Waals surface area contributed by atoms with Gasteiger partial charge in [-0.25, -0.2) is 0 Å². The molecule has 1 aromatic rings. The van der Waals surface area contributed by atoms with Crippen LogP contribution >= 0.6 is 0 Å². The van der Waals surface area contributed by atoms with Gasteiger partial charge in [-0.1, -0.05) is 6.07 Å². The number of hydrogen-bond acceptors (Lipinski definition) is 4. The van der Waals surface area contributed by atoms with E-state index in [0.717, 1.165) is 11.3 Å². The van der Waals surface area contributed by atoms with Crippen molar-refractivity contribution in [2.24, 2.45) is 0 Å². The lowest BCUT2D eigenvalue weighted by Gasteiger charge is -2.08. The molecule has 4 heteroatoms. The van der Waals surface area contributed by atoms with E-state index in [1.54, 1.807) is 0 Å². The average molecular weight is 278 g/mol. The Balaban J connectivity index is 2.18. The van der Waals surface area contributed by atoms with E-state index in [1.165, 1.54) is 12.5 Å². The van der Waals surface area contributed by atoms with E-state index in [4.69, 9.17) is 9.47 Å². The molecule has 0 aromatic heterocycles. The summed E-state index contributed by atoms with van der Waals surface area (Å²) in [5.74, 6) is 0.578. The van der Waals surface area contributed by atoms with Gasteiger partial charge in [0.1, 0.15) is 11.5 Å². The SMILES string of the molecule is CC(=O)CCCOC(=O)CCOc1ccc(C)c(C)c1. The Hall–Kier alpha value is -1.84. The molecule has 110 valence electrons. The summed E-state index contributed by atoms with van der Waals surface area (Å²) in [6, 6.07) is 5.83. The highest BCUT2D eigenvalue weighted by Crippen LogP contribution is 2.16. The number of carbonyl (C=O) groups excluding carboxylic acids is 2. The van der Waals surface area contributed by atoms with Gasteiger partial charge in [-0.3, -0.25) is 4.79 Å². The highest BCUT2D eigenvalue weighted by Gasteiger charge is 2.04. The van der Waals surface area contributed by atoms with E-state index >= 15 is 0 Å². The fourth-order valence-electron chi connectivity index (χ4n) is 1.64. The molecule has 1 aromatic carbocycles. The van der Waals surface area contributed by atoms with Gasteiger partial charge in [0.2, 0.25) is 0 Å². The Labute approximate surface area is 120 Å². The largest absolute Gasteiger partial charge is 0.493 e. The van der Waals surface area contributed by atoms with Gasteiger partial charge in [-0.2, -0.15) is 0 Å². The minimum atomic E-state index is -0.294. The number of carbonyl (C=O) groups is 2. The maximum atomic E-state index is 11.4. The molecule has 0 bridgehead atoms. The minimum Gasteiger partial charge on any atom is -0.493 e. The predicted molar refractivity (Wildman–Crippen MR) is 76.9 cm³/mol. The van der Waals surface area contributed by atoms with Crippen molar-refractivity contribution in [1.82, 2.24) is 0 Å². The first-order valence-electron chi connectivity index (χ1n) is 6.84. The maximum absolute atomic E-state index is 11.4. The summed E-state index contributed by atoms with van der Waals surface area (Å²) in [6.07, 6.45) is 1.25. The molecule has 0 aliphatic carbocycles. The lowest BCUT2D eigenvalue weighted by molar-refractivity contribution is -0.144. The summed E-state index contributed by atoms with van der Waals surface area (Å²) in [5, 5.41) is 0. The van der Waals surface area contributed by atoms with Gasteiger partial charge in [0, 0.05) is 6.42 Å². The maximum Gasteiger partial charge on any atom is 0.309 e. The van der Waals surface area contributed by atoms with Crippen molar-refractivity contribution in [2.45, 2.75) is 40.0 Å². The topological polar surface area (TPSA) is 52.6 Å². The minimum absolute atomic E-state index is 0.110. The number of ether oxygens (including phenoxy) is 2. The van der Waals surface area contributed by atoms with Crippen LogP contribution in [0, 0.1) is 13.8 Å². The zero-order chi connectivity index (χ0) is 15.0. The molecule has 0 saturated heterocycles. The monoisotopic (exact) mass is 278 g/mol. The van der Waals surface area contributed by atoms with Gasteiger partial charge in [-0.05, 0) is 50.5 Å². The molecule has 0 heterocycles. The second-order valence-electron chi connectivity index (χ2n) is 4.87. The Kier molecular flexibility index (Phi) is 6.77. The van der Waals surface area contributed by atoms with Crippen LogP contribution in [-0.2, 0) is 14.3 Å². The second-order valence-corrected chi connectivity index (χ2v) is 4.87. The van der Waals surface area contributed by atoms with E-state index in [0.29, 0.717) is 26.1 Å². The molecule has 0 saturated carbocycles. The van der Waals surface area contributed by atoms with Gasteiger partial charge in [0.25, 0.3) is 0 Å². The standard InChI is InChI=1S/C16H22O4/c1-12-6-7-15(11-13(12)2)19-10-8-16(18)20-9-4-5-14(3)17/h6-7,11H,4-5,8-10H2,1-3H3. The van der Waals surface area contributed by atoms with Crippen molar-refractivity contribution in [3.05, 3.63) is 29.3 Å². The normalized spacial score (nSPS) is 10.2. The smallest absolute Gasteiger partial charge is 0.309 e. The van der Waals surface area contributed by atoms with Gasteiger partial charge in [-0.15, -0.1) is 0 Å². The Morgan fingerprint density at radius 3 is 2.45 bits per heavy atom. The van der Waals surface area contributed by atoms with Crippen LogP contribution < -0.4 is 4.74 Å². The van der Waals surface area contributed by atoms with Crippen molar-refractivity contribution in [2.75, 3.05) is 13.2 Å². The zero-order valence-corrected chi connectivity index (χ0v) is 12.4. The number of esters is 1. The Bertz CT molecular complexity index is 466. The lowest BCUT2D eigenvalue weighted by Crippen LogP contribution is -2.11. The van der Waals surface area contributed by atoms with Crippen molar-refractivity contribution in [3.63, 3.8) is 0 Å². The average Bonchev–Trinajstić information content (AvgIpc) is 2.39. The molecule has 0 spiro atoms. The first kappa shape index (κ1) is 16.2. The van der Waals surface area contributed by atoms with E-state index < -0.39 is 0 Å². The third-order valence-corrected chi connectivity index (χ3v) is 2.99. The quantitative estimate of drug-likeness (QED) is 0.542. The lowest BCUT2D eigenvalue weighted by atomic mass is 10.1. The molecule has 0 atom stereocenters. The van der Waals surface area contributed by atoms with Gasteiger partial charge in [0.05, 0.1) is 19.6 Å². The van der Waals surface area contributed by atoms with Crippen LogP contribution in [0.1, 0.15) is 37.3 Å². The first-order chi connectivity index (χ1) is 9.49. The van der Waals surface area contributed by atoms with Gasteiger partial charge in [0.15, 0.2) is 0 Å². The van der Waals surface area contributed by atoms with E-state index in [9.17, 15) is 9.59 Å². The summed E-state index contributed by atoms with van der Waals surface area (Å²) in [6.45, 7) is 6.18. The van der Waals surface area contributed by atoms with Crippen molar-refractivity contribution in [3.8, 4) is 5.75 Å². The van der Waals surface area contributed by atoms with Crippen LogP contribution in [0.15, 0.2) is 18.2 Å². The molecule has 0 aliphatic heterocycles. The van der Waals surface area contributed by atoms with E-state index in [1.807, 2.05) is 32.0 Å². The number of hydrogen-bond donors (Lipinski definition) is 0. The predicted octanol–water partition coefficient (Wildman–Crippen LogP) is 2.98. The van der Waals surface area contributed by atoms with Crippen LogP contribution in [0.25, 0.3) is 0 Å². The number of rotatable bonds is 8. The molecular formula is C16H22O4. The van der Waals surface area contributed by atoms with Crippen LogP contribution in [0.4, 0.5) is 0 Å². The van der Waals surface area contributed by atoms with Gasteiger partial charge >= 0.3 is 5.97 Å². The first-order valence-corrected chi connectivity index (χ1v) is 6.84. The molecule has 4 nitrogen and oxygen atoms in total. The van der Waals surface area contributed by atoms with Crippen molar-refractivity contribution >= 4 is 11.8 Å². The molecule has 20 heavy (non-hydrogen) atoms. The molecule has 0 radical (unpaired) electrons. The zero-order valence-electron chi connectivity index (χ0n) is 12.4. The molecule has 0 N–H and O–H groups in total. The summed E-state index contributed by atoms with van der Waals surface area (Å²) < 4.78 is 10.5. The third-order valence-electron chi connectivity index (χ3n) is 2.99. The highest BCUT2D eigenvalue weighted by molar-refractivity contribution is 5.75. The second kappa shape index (κ2) is 8.35. The van der Waals surface area contributed by atoms with Gasteiger partial charge < -0.3 is 14.3 Å². The number of Topliss-reactive ketones (excluding diaryl/α,β-unsaturated/α-hetero) is 1. The Morgan fingerprint density at radius 1 is 1.05 bits per heavy atom. The fraction of sp³-hybridized carbons (Fsp3) is 0.500. The summed E-state index contributed by atoms with van der Waals surface area (Å²) in [4.78, 5) is 22.1. The van der Waals surface area contributed by atoms with E-state index in [2.05, 4.69) is 0 Å². The third kappa shape index (κ3) is 6.36. The van der Waals surface area contributed by atoms with E-state index in [-0.39, 0.29) is 18.2 Å². The summed E-state index contributed by atoms with van der Waals surface area (Å²) in [7, 11) is 0. The number of aryl methyl sites for hydroxylation is 2. The fourth-order valence-corrected chi connectivity index (χ4v) is 1.64. The number of benzene rings is 1. The molecular weight excluding hydrogens is 256 g/mol. The van der Waals surface area contributed by atoms with Crippen LogP contribution in [0.3, 0.4) is 0 Å². The highest BCUT2D eigenvalue weighted by atomic mass is 16.5.